The van der Waals surface area contributed by atoms with Gasteiger partial charge in [0.2, 0.25) is 0 Å². The maximum atomic E-state index is 13.6. The Hall–Kier alpha value is -1.02. The number of hydrogen-bond donors (Lipinski definition) is 1. The van der Waals surface area contributed by atoms with E-state index in [-0.39, 0.29) is 43.1 Å². The second-order valence-electron chi connectivity index (χ2n) is 7.57. The summed E-state index contributed by atoms with van der Waals surface area (Å²) in [4.78, 5) is 12.9. The Bertz CT molecular complexity index is 574. The van der Waals surface area contributed by atoms with Gasteiger partial charge in [0.15, 0.2) is 0 Å². The normalized spacial score (nSPS) is 18.5. The van der Waals surface area contributed by atoms with Gasteiger partial charge in [0, 0.05) is 37.3 Å². The van der Waals surface area contributed by atoms with Gasteiger partial charge in [-0.15, -0.1) is 0 Å². The maximum absolute atomic E-state index is 13.6. The molecule has 6 heteroatoms. The Balaban J connectivity index is 0.00000288. The first-order chi connectivity index (χ1) is 10.7. The molecule has 0 amide bonds. The first-order valence-corrected chi connectivity index (χ1v) is 8.04. The van der Waals surface area contributed by atoms with Crippen molar-refractivity contribution >= 4 is 11.7 Å². The third-order valence-electron chi connectivity index (χ3n) is 4.71. The number of aliphatic hydroxyl groups excluding tert-OH is 1. The number of anilines is 1. The summed E-state index contributed by atoms with van der Waals surface area (Å²) >= 11 is 0. The van der Waals surface area contributed by atoms with Crippen molar-refractivity contribution in [3.8, 4) is 0 Å². The number of aliphatic carboxylic acids is 1. The molecule has 0 aromatic heterocycles. The van der Waals surface area contributed by atoms with Crippen LogP contribution >= 0.6 is 0 Å². The Morgan fingerprint density at radius 1 is 1.46 bits per heavy atom. The van der Waals surface area contributed by atoms with Crippen molar-refractivity contribution < 1.29 is 38.3 Å². The second-order valence-corrected chi connectivity index (χ2v) is 7.57. The van der Waals surface area contributed by atoms with Crippen molar-refractivity contribution in [3.05, 3.63) is 29.6 Å². The van der Waals surface area contributed by atoms with E-state index in [0.29, 0.717) is 12.5 Å². The van der Waals surface area contributed by atoms with E-state index in [0.717, 1.165) is 24.2 Å². The molecule has 128 valence electrons. The van der Waals surface area contributed by atoms with Crippen molar-refractivity contribution in [2.45, 2.75) is 33.6 Å². The van der Waals surface area contributed by atoms with Crippen molar-refractivity contribution in [1.82, 2.24) is 0 Å². The third-order valence-corrected chi connectivity index (χ3v) is 4.71. The van der Waals surface area contributed by atoms with Gasteiger partial charge in [-0.1, -0.05) is 20.8 Å². The van der Waals surface area contributed by atoms with Gasteiger partial charge in [0.1, 0.15) is 5.82 Å². The Morgan fingerprint density at radius 2 is 2.12 bits per heavy atom. The molecule has 1 heterocycles. The summed E-state index contributed by atoms with van der Waals surface area (Å²) in [6, 6.07) is 4.74. The fourth-order valence-electron chi connectivity index (χ4n) is 3.21. The Kier molecular flexibility index (Phi) is 7.34. The van der Waals surface area contributed by atoms with Gasteiger partial charge >= 0.3 is 18.9 Å². The maximum Gasteiger partial charge on any atom is 1.00 e. The minimum Gasteiger partial charge on any atom is -0.550 e. The topological polar surface area (TPSA) is 63.6 Å². The smallest absolute Gasteiger partial charge is 0.550 e. The van der Waals surface area contributed by atoms with Crippen molar-refractivity contribution in [2.24, 2.45) is 17.3 Å². The predicted molar refractivity (Wildman–Crippen MR) is 85.5 cm³/mol. The molecule has 0 saturated carbocycles. The van der Waals surface area contributed by atoms with E-state index in [1.54, 1.807) is 12.1 Å². The predicted octanol–water partition coefficient (Wildman–Crippen LogP) is -1.40. The number of fused-ring (bicyclic) bond motifs is 1. The van der Waals surface area contributed by atoms with Crippen LogP contribution in [0.25, 0.3) is 0 Å². The number of halogens is 1. The summed E-state index contributed by atoms with van der Waals surface area (Å²) in [5.41, 5.74) is 1.94. The van der Waals surface area contributed by atoms with Gasteiger partial charge in [-0.2, -0.15) is 0 Å². The molecular weight excluding hydrogens is 304 g/mol. The standard InChI is InChI=1S/C18H26FNO3.Li/c1-18(2,3)14-7-13-8-15(19)4-5-16(13)20(10-14)9-12(11-21)6-17(22)23;/h4-5,8,12,14,21H,6-7,9-11H2,1-3H3,(H,22,23);/q;+1/p-1. The average molecular weight is 329 g/mol. The van der Waals surface area contributed by atoms with Crippen LogP contribution in [0.1, 0.15) is 32.8 Å². The number of hydrogen-bond acceptors (Lipinski definition) is 4. The van der Waals surface area contributed by atoms with E-state index < -0.39 is 11.9 Å². The molecule has 24 heavy (non-hydrogen) atoms. The van der Waals surface area contributed by atoms with Gasteiger partial charge in [-0.25, -0.2) is 4.39 Å². The monoisotopic (exact) mass is 329 g/mol. The molecule has 0 saturated heterocycles. The van der Waals surface area contributed by atoms with Crippen LogP contribution < -0.4 is 28.9 Å². The molecule has 0 fully saturated rings. The molecule has 1 aliphatic heterocycles. The van der Waals surface area contributed by atoms with Gasteiger partial charge < -0.3 is 19.9 Å². The number of carbonyl (C=O) groups is 1. The molecule has 2 unspecified atom stereocenters. The summed E-state index contributed by atoms with van der Waals surface area (Å²) in [7, 11) is 0. The number of carboxylic acids is 1. The summed E-state index contributed by atoms with van der Waals surface area (Å²) < 4.78 is 13.6. The molecule has 0 spiro atoms. The Labute approximate surface area is 155 Å². The fourth-order valence-corrected chi connectivity index (χ4v) is 3.21. The minimum atomic E-state index is -1.16. The molecule has 0 radical (unpaired) electrons. The van der Waals surface area contributed by atoms with E-state index in [1.807, 2.05) is 0 Å². The van der Waals surface area contributed by atoms with Crippen LogP contribution in [0.15, 0.2) is 18.2 Å². The largest absolute Gasteiger partial charge is 1.00 e. The van der Waals surface area contributed by atoms with Crippen LogP contribution in [0, 0.1) is 23.1 Å². The first-order valence-electron chi connectivity index (χ1n) is 8.04. The van der Waals surface area contributed by atoms with Crippen LogP contribution in [0.5, 0.6) is 0 Å². The van der Waals surface area contributed by atoms with Gasteiger partial charge in [0.25, 0.3) is 0 Å². The molecule has 1 aromatic rings. The summed E-state index contributed by atoms with van der Waals surface area (Å²) in [6.07, 6.45) is 0.626. The molecule has 2 atom stereocenters. The number of benzene rings is 1. The van der Waals surface area contributed by atoms with Crippen molar-refractivity contribution in [1.29, 1.82) is 0 Å². The van der Waals surface area contributed by atoms with Crippen LogP contribution in [0.4, 0.5) is 10.1 Å². The van der Waals surface area contributed by atoms with Gasteiger partial charge in [0.05, 0.1) is 0 Å². The number of nitrogens with zero attached hydrogens (tertiary/aromatic N) is 1. The SMILES string of the molecule is CC(C)(C)C1Cc2cc(F)ccc2N(CC(CO)CC(=O)[O-])C1.[Li+]. The van der Waals surface area contributed by atoms with E-state index in [1.165, 1.54) is 6.07 Å². The van der Waals surface area contributed by atoms with Crippen LogP contribution in [-0.2, 0) is 11.2 Å². The van der Waals surface area contributed by atoms with E-state index in [4.69, 9.17) is 0 Å². The summed E-state index contributed by atoms with van der Waals surface area (Å²) in [6.45, 7) is 7.46. The van der Waals surface area contributed by atoms with Crippen LogP contribution in [0.2, 0.25) is 0 Å². The third kappa shape index (κ3) is 5.24. The average Bonchev–Trinajstić information content (AvgIpc) is 2.44. The minimum absolute atomic E-state index is 0. The molecule has 1 N–H and O–H groups in total. The van der Waals surface area contributed by atoms with Crippen LogP contribution in [0.3, 0.4) is 0 Å². The number of carboxylic acid groups (broad SMARTS) is 1. The van der Waals surface area contributed by atoms with Crippen molar-refractivity contribution in [3.63, 3.8) is 0 Å². The molecule has 1 aromatic carbocycles. The fraction of sp³-hybridized carbons (Fsp3) is 0.611. The molecule has 0 bridgehead atoms. The number of rotatable bonds is 5. The van der Waals surface area contributed by atoms with E-state index >= 15 is 0 Å². The number of aliphatic hydroxyl groups is 1. The van der Waals surface area contributed by atoms with Gasteiger partial charge in [-0.3, -0.25) is 0 Å². The van der Waals surface area contributed by atoms with E-state index in [2.05, 4.69) is 25.7 Å². The molecule has 2 rings (SSSR count). The van der Waals surface area contributed by atoms with Gasteiger partial charge in [-0.05, 0) is 47.9 Å². The molecule has 4 nitrogen and oxygen atoms in total. The quantitative estimate of drug-likeness (QED) is 0.675. The van der Waals surface area contributed by atoms with Crippen molar-refractivity contribution in [2.75, 3.05) is 24.6 Å². The van der Waals surface area contributed by atoms with Crippen LogP contribution in [-0.4, -0.2) is 30.8 Å². The molecular formula is C18H25FLiNO3. The first kappa shape index (κ1) is 21.0. The zero-order chi connectivity index (χ0) is 17.2. The summed E-state index contributed by atoms with van der Waals surface area (Å²) in [5.74, 6) is -1.48. The zero-order valence-electron chi connectivity index (χ0n) is 15.0. The number of carbonyl (C=O) groups excluding carboxylic acids is 1. The second kappa shape index (κ2) is 8.38. The van der Waals surface area contributed by atoms with E-state index in [9.17, 15) is 19.4 Å². The Morgan fingerprint density at radius 3 is 2.67 bits per heavy atom. The molecule has 0 aliphatic carbocycles. The molecule has 1 aliphatic rings. The summed E-state index contributed by atoms with van der Waals surface area (Å²) in [5, 5.41) is 20.3. The zero-order valence-corrected chi connectivity index (χ0v) is 15.0.